The lowest BCUT2D eigenvalue weighted by Gasteiger charge is -1.91. The SMILES string of the molecule is Cc1ccc2oc3c(Cl)cccc3c2c1. The number of aryl methyl sites for hydroxylation is 1. The van der Waals surface area contributed by atoms with Gasteiger partial charge >= 0.3 is 0 Å². The summed E-state index contributed by atoms with van der Waals surface area (Å²) in [5, 5.41) is 2.88. The summed E-state index contributed by atoms with van der Waals surface area (Å²) in [5.41, 5.74) is 2.90. The third-order valence-electron chi connectivity index (χ3n) is 2.60. The van der Waals surface area contributed by atoms with Gasteiger partial charge in [-0.1, -0.05) is 35.4 Å². The molecule has 0 N–H and O–H groups in total. The zero-order chi connectivity index (χ0) is 10.4. The van der Waals surface area contributed by atoms with Crippen LogP contribution in [0.15, 0.2) is 40.8 Å². The average molecular weight is 217 g/mol. The minimum absolute atomic E-state index is 0.668. The molecule has 1 aromatic heterocycles. The van der Waals surface area contributed by atoms with Crippen LogP contribution in [0.2, 0.25) is 5.02 Å². The van der Waals surface area contributed by atoms with Crippen molar-refractivity contribution in [1.29, 1.82) is 0 Å². The number of hydrogen-bond acceptors (Lipinski definition) is 1. The van der Waals surface area contributed by atoms with Crippen LogP contribution < -0.4 is 0 Å². The van der Waals surface area contributed by atoms with Gasteiger partial charge in [-0.15, -0.1) is 0 Å². The first kappa shape index (κ1) is 8.81. The molecule has 0 fully saturated rings. The van der Waals surface area contributed by atoms with Crippen LogP contribution in [0.4, 0.5) is 0 Å². The Morgan fingerprint density at radius 3 is 2.80 bits per heavy atom. The van der Waals surface area contributed by atoms with Crippen LogP contribution in [0.5, 0.6) is 0 Å². The highest BCUT2D eigenvalue weighted by Gasteiger charge is 2.08. The van der Waals surface area contributed by atoms with Gasteiger partial charge in [0.05, 0.1) is 5.02 Å². The Kier molecular flexibility index (Phi) is 1.77. The molecule has 0 radical (unpaired) electrons. The molecule has 15 heavy (non-hydrogen) atoms. The van der Waals surface area contributed by atoms with Crippen molar-refractivity contribution in [1.82, 2.24) is 0 Å². The van der Waals surface area contributed by atoms with Crippen LogP contribution in [0, 0.1) is 6.92 Å². The highest BCUT2D eigenvalue weighted by Crippen LogP contribution is 2.33. The van der Waals surface area contributed by atoms with Crippen molar-refractivity contribution in [2.45, 2.75) is 6.92 Å². The largest absolute Gasteiger partial charge is 0.454 e. The van der Waals surface area contributed by atoms with Crippen molar-refractivity contribution in [3.05, 3.63) is 47.0 Å². The quantitative estimate of drug-likeness (QED) is 0.537. The number of benzene rings is 2. The fourth-order valence-electron chi connectivity index (χ4n) is 1.88. The first-order valence-electron chi connectivity index (χ1n) is 4.83. The highest BCUT2D eigenvalue weighted by molar-refractivity contribution is 6.35. The van der Waals surface area contributed by atoms with Gasteiger partial charge in [0.25, 0.3) is 0 Å². The van der Waals surface area contributed by atoms with E-state index in [0.717, 1.165) is 21.9 Å². The second kappa shape index (κ2) is 3.01. The lowest BCUT2D eigenvalue weighted by molar-refractivity contribution is 0.669. The maximum atomic E-state index is 6.07. The first-order chi connectivity index (χ1) is 7.25. The number of fused-ring (bicyclic) bond motifs is 3. The molecule has 3 aromatic rings. The molecule has 0 aliphatic heterocycles. The summed E-state index contributed by atoms with van der Waals surface area (Å²) in [7, 11) is 0. The number of furan rings is 1. The summed E-state index contributed by atoms with van der Waals surface area (Å²) in [4.78, 5) is 0. The summed E-state index contributed by atoms with van der Waals surface area (Å²) in [5.74, 6) is 0. The highest BCUT2D eigenvalue weighted by atomic mass is 35.5. The summed E-state index contributed by atoms with van der Waals surface area (Å²) in [6.07, 6.45) is 0. The fourth-order valence-corrected chi connectivity index (χ4v) is 2.09. The number of rotatable bonds is 0. The lowest BCUT2D eigenvalue weighted by Crippen LogP contribution is -1.70. The van der Waals surface area contributed by atoms with Crippen molar-refractivity contribution < 1.29 is 4.42 Å². The van der Waals surface area contributed by atoms with E-state index in [1.807, 2.05) is 30.3 Å². The Labute approximate surface area is 92.3 Å². The van der Waals surface area contributed by atoms with Gasteiger partial charge < -0.3 is 4.42 Å². The Morgan fingerprint density at radius 2 is 1.93 bits per heavy atom. The van der Waals surface area contributed by atoms with Gasteiger partial charge in [-0.2, -0.15) is 0 Å². The van der Waals surface area contributed by atoms with E-state index < -0.39 is 0 Å². The van der Waals surface area contributed by atoms with Gasteiger partial charge in [-0.05, 0) is 25.1 Å². The number of halogens is 1. The second-order valence-corrected chi connectivity index (χ2v) is 4.13. The third-order valence-corrected chi connectivity index (χ3v) is 2.90. The van der Waals surface area contributed by atoms with Crippen LogP contribution in [0.3, 0.4) is 0 Å². The molecule has 0 atom stereocenters. The van der Waals surface area contributed by atoms with Gasteiger partial charge in [0.2, 0.25) is 0 Å². The Balaban J connectivity index is 2.58. The van der Waals surface area contributed by atoms with Crippen LogP contribution >= 0.6 is 11.6 Å². The molecule has 1 heterocycles. The van der Waals surface area contributed by atoms with Gasteiger partial charge in [0.1, 0.15) is 5.58 Å². The second-order valence-electron chi connectivity index (χ2n) is 3.72. The van der Waals surface area contributed by atoms with Crippen LogP contribution in [0.1, 0.15) is 5.56 Å². The Hall–Kier alpha value is -1.47. The molecule has 0 amide bonds. The molecule has 2 heteroatoms. The predicted molar refractivity (Wildman–Crippen MR) is 63.5 cm³/mol. The van der Waals surface area contributed by atoms with E-state index in [1.165, 1.54) is 5.56 Å². The first-order valence-corrected chi connectivity index (χ1v) is 5.21. The third kappa shape index (κ3) is 1.24. The molecule has 0 bridgehead atoms. The fraction of sp³-hybridized carbons (Fsp3) is 0.0769. The van der Waals surface area contributed by atoms with E-state index in [1.54, 1.807) is 0 Å². The molecular formula is C13H9ClO. The van der Waals surface area contributed by atoms with Gasteiger partial charge in [-0.3, -0.25) is 0 Å². The van der Waals surface area contributed by atoms with E-state index in [9.17, 15) is 0 Å². The van der Waals surface area contributed by atoms with Crippen LogP contribution in [-0.2, 0) is 0 Å². The van der Waals surface area contributed by atoms with Crippen LogP contribution in [-0.4, -0.2) is 0 Å². The molecule has 0 aliphatic carbocycles. The topological polar surface area (TPSA) is 13.1 Å². The predicted octanol–water partition coefficient (Wildman–Crippen LogP) is 4.55. The lowest BCUT2D eigenvalue weighted by atomic mass is 10.1. The smallest absolute Gasteiger partial charge is 0.153 e. The molecule has 74 valence electrons. The maximum absolute atomic E-state index is 6.07. The van der Waals surface area contributed by atoms with E-state index in [0.29, 0.717) is 5.02 Å². The monoisotopic (exact) mass is 216 g/mol. The molecule has 3 rings (SSSR count). The summed E-state index contributed by atoms with van der Waals surface area (Å²) >= 11 is 6.07. The van der Waals surface area contributed by atoms with Crippen molar-refractivity contribution >= 4 is 33.5 Å². The summed E-state index contributed by atoms with van der Waals surface area (Å²) in [6.45, 7) is 2.07. The van der Waals surface area contributed by atoms with Crippen molar-refractivity contribution in [2.75, 3.05) is 0 Å². The summed E-state index contributed by atoms with van der Waals surface area (Å²) < 4.78 is 5.71. The van der Waals surface area contributed by atoms with Crippen molar-refractivity contribution in [3.8, 4) is 0 Å². The van der Waals surface area contributed by atoms with E-state index in [4.69, 9.17) is 16.0 Å². The molecule has 0 saturated carbocycles. The minimum atomic E-state index is 0.668. The molecule has 0 spiro atoms. The average Bonchev–Trinajstić information content (AvgIpc) is 2.58. The molecule has 0 saturated heterocycles. The maximum Gasteiger partial charge on any atom is 0.153 e. The van der Waals surface area contributed by atoms with Crippen LogP contribution in [0.25, 0.3) is 21.9 Å². The molecule has 0 unspecified atom stereocenters. The minimum Gasteiger partial charge on any atom is -0.454 e. The number of hydrogen-bond donors (Lipinski definition) is 0. The standard InChI is InChI=1S/C13H9ClO/c1-8-5-6-12-10(7-8)9-3-2-4-11(14)13(9)15-12/h2-7H,1H3. The zero-order valence-corrected chi connectivity index (χ0v) is 9.01. The number of para-hydroxylation sites is 1. The molecule has 2 aromatic carbocycles. The molecular weight excluding hydrogens is 208 g/mol. The van der Waals surface area contributed by atoms with Crippen molar-refractivity contribution in [2.24, 2.45) is 0 Å². The van der Waals surface area contributed by atoms with E-state index >= 15 is 0 Å². The Morgan fingerprint density at radius 1 is 1.07 bits per heavy atom. The van der Waals surface area contributed by atoms with E-state index in [-0.39, 0.29) is 0 Å². The van der Waals surface area contributed by atoms with Crippen molar-refractivity contribution in [3.63, 3.8) is 0 Å². The Bertz CT molecular complexity index is 652. The normalized spacial score (nSPS) is 11.3. The van der Waals surface area contributed by atoms with Gasteiger partial charge in [0, 0.05) is 10.8 Å². The van der Waals surface area contributed by atoms with Gasteiger partial charge in [0.15, 0.2) is 5.58 Å². The molecule has 1 nitrogen and oxygen atoms in total. The van der Waals surface area contributed by atoms with Gasteiger partial charge in [-0.25, -0.2) is 0 Å². The summed E-state index contributed by atoms with van der Waals surface area (Å²) in [6, 6.07) is 12.0. The van der Waals surface area contributed by atoms with E-state index in [2.05, 4.69) is 13.0 Å². The molecule has 0 aliphatic rings. The zero-order valence-electron chi connectivity index (χ0n) is 8.25.